The molecule has 0 radical (unpaired) electrons. The highest BCUT2D eigenvalue weighted by molar-refractivity contribution is 7.92. The van der Waals surface area contributed by atoms with E-state index in [9.17, 15) is 18.3 Å². The second-order valence-corrected chi connectivity index (χ2v) is 11.0. The second-order valence-electron chi connectivity index (χ2n) is 9.31. The highest BCUT2D eigenvalue weighted by Gasteiger charge is 2.27. The summed E-state index contributed by atoms with van der Waals surface area (Å²) in [5.41, 5.74) is 2.70. The lowest BCUT2D eigenvalue weighted by Crippen LogP contribution is -2.44. The Labute approximate surface area is 207 Å². The molecule has 0 unspecified atom stereocenters. The predicted molar refractivity (Wildman–Crippen MR) is 140 cm³/mol. The van der Waals surface area contributed by atoms with Gasteiger partial charge in [0.1, 0.15) is 4.90 Å². The standard InChI is InChI=1S/C26H34N4O4S/c1-19-7-5-8-20-11-12-22(25(24(19)20)26(31)32)28-35(33,34)23-10-4-3-9-21(23)27-13-6-14-30-17-15-29(2)16-18-30/h3-4,9-12,27-28H,1,5-8,13-18H2,2H3,(H,31,32). The summed E-state index contributed by atoms with van der Waals surface area (Å²) in [5.74, 6) is -1.17. The van der Waals surface area contributed by atoms with Gasteiger partial charge in [-0.1, -0.05) is 24.8 Å². The minimum Gasteiger partial charge on any atom is -0.478 e. The number of fused-ring (bicyclic) bond motifs is 1. The Hall–Kier alpha value is -2.88. The minimum atomic E-state index is -4.03. The third kappa shape index (κ3) is 5.86. The quantitative estimate of drug-likeness (QED) is 0.454. The van der Waals surface area contributed by atoms with Gasteiger partial charge in [-0.05, 0) is 74.2 Å². The van der Waals surface area contributed by atoms with Crippen molar-refractivity contribution in [2.24, 2.45) is 0 Å². The van der Waals surface area contributed by atoms with Crippen LogP contribution in [0.15, 0.2) is 47.9 Å². The highest BCUT2D eigenvalue weighted by atomic mass is 32.2. The number of benzene rings is 2. The van der Waals surface area contributed by atoms with Gasteiger partial charge in [0.2, 0.25) is 0 Å². The summed E-state index contributed by atoms with van der Waals surface area (Å²) in [6.07, 6.45) is 3.25. The summed E-state index contributed by atoms with van der Waals surface area (Å²) < 4.78 is 29.3. The van der Waals surface area contributed by atoms with E-state index in [1.807, 2.05) is 0 Å². The molecule has 2 aromatic carbocycles. The number of carbonyl (C=O) groups is 1. The maximum Gasteiger partial charge on any atom is 0.338 e. The molecule has 1 saturated heterocycles. The van der Waals surface area contributed by atoms with Gasteiger partial charge < -0.3 is 20.2 Å². The number of aromatic carboxylic acids is 1. The first-order chi connectivity index (χ1) is 16.8. The number of hydrogen-bond donors (Lipinski definition) is 3. The van der Waals surface area contributed by atoms with Crippen molar-refractivity contribution in [1.29, 1.82) is 0 Å². The number of nitrogens with one attached hydrogen (secondary N) is 2. The first kappa shape index (κ1) is 25.2. The van der Waals surface area contributed by atoms with Crippen LogP contribution >= 0.6 is 0 Å². The molecule has 2 aromatic rings. The number of carboxylic acids is 1. The first-order valence-electron chi connectivity index (χ1n) is 12.1. The number of nitrogens with zero attached hydrogens (tertiary/aromatic N) is 2. The molecule has 188 valence electrons. The Morgan fingerprint density at radius 2 is 1.80 bits per heavy atom. The van der Waals surface area contributed by atoms with Crippen molar-refractivity contribution in [2.45, 2.75) is 30.6 Å². The molecular formula is C26H34N4O4S. The largest absolute Gasteiger partial charge is 0.478 e. The highest BCUT2D eigenvalue weighted by Crippen LogP contribution is 2.37. The van der Waals surface area contributed by atoms with Gasteiger partial charge in [-0.3, -0.25) is 4.72 Å². The fraction of sp³-hybridized carbons (Fsp3) is 0.423. The molecule has 0 atom stereocenters. The molecular weight excluding hydrogens is 464 g/mol. The van der Waals surface area contributed by atoms with Gasteiger partial charge in [0.15, 0.2) is 0 Å². The Kier molecular flexibility index (Phi) is 7.78. The molecule has 1 fully saturated rings. The summed E-state index contributed by atoms with van der Waals surface area (Å²) in [4.78, 5) is 17.0. The van der Waals surface area contributed by atoms with E-state index in [2.05, 4.69) is 33.5 Å². The molecule has 2 aliphatic rings. The summed E-state index contributed by atoms with van der Waals surface area (Å²) >= 11 is 0. The molecule has 1 aliphatic carbocycles. The Morgan fingerprint density at radius 3 is 2.54 bits per heavy atom. The SMILES string of the molecule is C=C1CCCc2ccc(NS(=O)(=O)c3ccccc3NCCCN3CCN(C)CC3)c(C(=O)O)c21. The third-order valence-electron chi connectivity index (χ3n) is 6.77. The molecule has 4 rings (SSSR count). The van der Waals surface area contributed by atoms with Gasteiger partial charge in [0.05, 0.1) is 16.9 Å². The zero-order chi connectivity index (χ0) is 25.0. The van der Waals surface area contributed by atoms with Crippen LogP contribution < -0.4 is 10.0 Å². The molecule has 9 heteroatoms. The fourth-order valence-electron chi connectivity index (χ4n) is 4.83. The topological polar surface area (TPSA) is 102 Å². The summed E-state index contributed by atoms with van der Waals surface area (Å²) in [6, 6.07) is 10.1. The number of hydrogen-bond acceptors (Lipinski definition) is 6. The van der Waals surface area contributed by atoms with Gasteiger partial charge in [-0.15, -0.1) is 0 Å². The Balaban J connectivity index is 1.49. The molecule has 3 N–H and O–H groups in total. The number of carboxylic acid groups (broad SMARTS) is 1. The van der Waals surface area contributed by atoms with Crippen LogP contribution in [0.1, 0.15) is 40.7 Å². The van der Waals surface area contributed by atoms with Crippen molar-refractivity contribution < 1.29 is 18.3 Å². The number of likely N-dealkylation sites (N-methyl/N-ethyl adjacent to an activating group) is 1. The molecule has 8 nitrogen and oxygen atoms in total. The van der Waals surface area contributed by atoms with Crippen LogP contribution in [0.3, 0.4) is 0 Å². The zero-order valence-electron chi connectivity index (χ0n) is 20.2. The molecule has 0 saturated carbocycles. The maximum atomic E-state index is 13.4. The van der Waals surface area contributed by atoms with Gasteiger partial charge >= 0.3 is 5.97 Å². The van der Waals surface area contributed by atoms with Crippen LogP contribution in [0.25, 0.3) is 5.57 Å². The molecule has 0 bridgehead atoms. The van der Waals surface area contributed by atoms with Crippen molar-refractivity contribution in [3.63, 3.8) is 0 Å². The molecule has 35 heavy (non-hydrogen) atoms. The number of anilines is 2. The smallest absolute Gasteiger partial charge is 0.338 e. The number of aryl methyl sites for hydroxylation is 1. The number of para-hydroxylation sites is 1. The van der Waals surface area contributed by atoms with Gasteiger partial charge in [0, 0.05) is 32.7 Å². The monoisotopic (exact) mass is 498 g/mol. The zero-order valence-corrected chi connectivity index (χ0v) is 21.0. The van der Waals surface area contributed by atoms with Crippen molar-refractivity contribution in [3.8, 4) is 0 Å². The Bertz CT molecular complexity index is 1200. The maximum absolute atomic E-state index is 13.4. The van der Waals surface area contributed by atoms with E-state index in [0.29, 0.717) is 24.2 Å². The second kappa shape index (κ2) is 10.8. The molecule has 1 heterocycles. The third-order valence-corrected chi connectivity index (χ3v) is 8.19. The summed E-state index contributed by atoms with van der Waals surface area (Å²) in [7, 11) is -1.90. The lowest BCUT2D eigenvalue weighted by atomic mass is 9.84. The van der Waals surface area contributed by atoms with Gasteiger partial charge in [-0.25, -0.2) is 13.2 Å². The lowest BCUT2D eigenvalue weighted by Gasteiger charge is -2.32. The molecule has 1 aliphatic heterocycles. The Morgan fingerprint density at radius 1 is 1.06 bits per heavy atom. The molecule has 0 amide bonds. The fourth-order valence-corrected chi connectivity index (χ4v) is 6.08. The van der Waals surface area contributed by atoms with Crippen molar-refractivity contribution in [2.75, 3.05) is 56.4 Å². The average molecular weight is 499 g/mol. The van der Waals surface area contributed by atoms with Crippen LogP contribution in [0.5, 0.6) is 0 Å². The van der Waals surface area contributed by atoms with Crippen molar-refractivity contribution in [1.82, 2.24) is 9.80 Å². The number of allylic oxidation sites excluding steroid dienone is 1. The normalized spacial score (nSPS) is 17.1. The number of piperazine rings is 1. The van der Waals surface area contributed by atoms with E-state index < -0.39 is 16.0 Å². The summed E-state index contributed by atoms with van der Waals surface area (Å²) in [5, 5.41) is 13.2. The van der Waals surface area contributed by atoms with Crippen LogP contribution in [-0.4, -0.2) is 75.6 Å². The van der Waals surface area contributed by atoms with Gasteiger partial charge in [0.25, 0.3) is 10.0 Å². The van der Waals surface area contributed by atoms with Crippen molar-refractivity contribution in [3.05, 3.63) is 59.7 Å². The van der Waals surface area contributed by atoms with Gasteiger partial charge in [-0.2, -0.15) is 0 Å². The van der Waals surface area contributed by atoms with E-state index in [-0.39, 0.29) is 16.1 Å². The number of sulfonamides is 1. The van der Waals surface area contributed by atoms with Crippen molar-refractivity contribution >= 4 is 32.9 Å². The van der Waals surface area contributed by atoms with E-state index in [4.69, 9.17) is 0 Å². The van der Waals surface area contributed by atoms with Crippen LogP contribution in [0.2, 0.25) is 0 Å². The average Bonchev–Trinajstić information content (AvgIpc) is 2.83. The lowest BCUT2D eigenvalue weighted by molar-refractivity contribution is 0.0697. The number of rotatable bonds is 9. The van der Waals surface area contributed by atoms with E-state index in [1.165, 1.54) is 6.07 Å². The molecule has 0 aromatic heterocycles. The molecule has 0 spiro atoms. The van der Waals surface area contributed by atoms with E-state index in [1.54, 1.807) is 30.3 Å². The van der Waals surface area contributed by atoms with Crippen LogP contribution in [0, 0.1) is 0 Å². The van der Waals surface area contributed by atoms with Crippen LogP contribution in [0.4, 0.5) is 11.4 Å². The minimum absolute atomic E-state index is 0.0339. The van der Waals surface area contributed by atoms with E-state index >= 15 is 0 Å². The van der Waals surface area contributed by atoms with E-state index in [0.717, 1.165) is 63.1 Å². The first-order valence-corrected chi connectivity index (χ1v) is 13.6. The summed E-state index contributed by atoms with van der Waals surface area (Å²) in [6.45, 7) is 9.84. The van der Waals surface area contributed by atoms with Crippen LogP contribution in [-0.2, 0) is 16.4 Å². The predicted octanol–water partition coefficient (Wildman–Crippen LogP) is 3.58.